The molecule has 3 saturated carbocycles. The zero-order valence-corrected chi connectivity index (χ0v) is 17.0. The number of carbonyl (C=O) groups is 2. The lowest BCUT2D eigenvalue weighted by Gasteiger charge is -2.70. The van der Waals surface area contributed by atoms with Crippen molar-refractivity contribution >= 4 is 35.0 Å². The zero-order chi connectivity index (χ0) is 20.8. The first-order valence-electron chi connectivity index (χ1n) is 9.03. The Balaban J connectivity index is 1.25. The molecule has 3 aliphatic rings. The molecular formula is C20H18Cl2FN3O3. The highest BCUT2D eigenvalue weighted by atomic mass is 35.5. The van der Waals surface area contributed by atoms with E-state index in [1.54, 1.807) is 6.07 Å². The molecule has 0 aliphatic heterocycles. The Morgan fingerprint density at radius 2 is 1.83 bits per heavy atom. The topological polar surface area (TPSA) is 80.3 Å². The molecule has 2 amide bonds. The van der Waals surface area contributed by atoms with Crippen LogP contribution in [0.4, 0.5) is 4.39 Å². The molecule has 1 heterocycles. The van der Waals surface area contributed by atoms with Crippen LogP contribution in [0, 0.1) is 12.7 Å². The Hall–Kier alpha value is -2.38. The molecule has 0 radical (unpaired) electrons. The second kappa shape index (κ2) is 7.15. The fraction of sp³-hybridized carbons (Fsp3) is 0.350. The Bertz CT molecular complexity index is 995. The first kappa shape index (κ1) is 19.9. The van der Waals surface area contributed by atoms with Gasteiger partial charge in [-0.3, -0.25) is 9.59 Å². The molecule has 9 heteroatoms. The van der Waals surface area contributed by atoms with Gasteiger partial charge in [-0.1, -0.05) is 23.2 Å². The molecule has 0 atom stereocenters. The number of nitrogens with one attached hydrogen (secondary N) is 2. The zero-order valence-electron chi connectivity index (χ0n) is 15.5. The van der Waals surface area contributed by atoms with Gasteiger partial charge in [0, 0.05) is 23.3 Å². The van der Waals surface area contributed by atoms with E-state index >= 15 is 0 Å². The van der Waals surface area contributed by atoms with Gasteiger partial charge in [0.25, 0.3) is 11.8 Å². The SMILES string of the molecule is Cc1cc(C(=O)NC23CC(NC(=O)COc4ccc(Cl)c(F)c4)(C2)C3)ncc1Cl. The number of pyridine rings is 1. The lowest BCUT2D eigenvalue weighted by molar-refractivity contribution is -0.141. The Kier molecular flexibility index (Phi) is 4.91. The van der Waals surface area contributed by atoms with Crippen molar-refractivity contribution in [3.8, 4) is 5.75 Å². The van der Waals surface area contributed by atoms with E-state index in [0.717, 1.165) is 11.6 Å². The summed E-state index contributed by atoms with van der Waals surface area (Å²) in [6.45, 7) is 1.59. The van der Waals surface area contributed by atoms with E-state index in [-0.39, 0.29) is 40.3 Å². The molecule has 2 aromatic rings. The first-order valence-corrected chi connectivity index (χ1v) is 9.78. The molecule has 1 aromatic carbocycles. The third-order valence-electron chi connectivity index (χ3n) is 5.35. The number of carbonyl (C=O) groups excluding carboxylic acids is 2. The van der Waals surface area contributed by atoms with Crippen LogP contribution < -0.4 is 15.4 Å². The fourth-order valence-electron chi connectivity index (χ4n) is 4.07. The average molecular weight is 438 g/mol. The Morgan fingerprint density at radius 1 is 1.14 bits per heavy atom. The van der Waals surface area contributed by atoms with Gasteiger partial charge in [0.1, 0.15) is 17.3 Å². The molecule has 0 saturated heterocycles. The van der Waals surface area contributed by atoms with E-state index in [1.165, 1.54) is 18.3 Å². The van der Waals surface area contributed by atoms with Gasteiger partial charge >= 0.3 is 0 Å². The maximum Gasteiger partial charge on any atom is 0.270 e. The van der Waals surface area contributed by atoms with Crippen molar-refractivity contribution < 1.29 is 18.7 Å². The number of aryl methyl sites for hydroxylation is 1. The predicted molar refractivity (Wildman–Crippen MR) is 106 cm³/mol. The lowest BCUT2D eigenvalue weighted by Crippen LogP contribution is -2.84. The van der Waals surface area contributed by atoms with E-state index in [1.807, 2.05) is 6.92 Å². The molecule has 3 aliphatic carbocycles. The highest BCUT2D eigenvalue weighted by Crippen LogP contribution is 2.60. The van der Waals surface area contributed by atoms with E-state index in [9.17, 15) is 14.0 Å². The van der Waals surface area contributed by atoms with Gasteiger partial charge in [0.05, 0.1) is 10.0 Å². The summed E-state index contributed by atoms with van der Waals surface area (Å²) >= 11 is 11.6. The minimum absolute atomic E-state index is 0.00743. The fourth-order valence-corrected chi connectivity index (χ4v) is 4.29. The van der Waals surface area contributed by atoms with E-state index in [0.29, 0.717) is 30.0 Å². The van der Waals surface area contributed by atoms with Gasteiger partial charge < -0.3 is 15.4 Å². The van der Waals surface area contributed by atoms with Gasteiger partial charge in [-0.25, -0.2) is 9.37 Å². The Labute approximate surface area is 176 Å². The van der Waals surface area contributed by atoms with Crippen LogP contribution in [0.3, 0.4) is 0 Å². The van der Waals surface area contributed by atoms with Crippen molar-refractivity contribution in [1.29, 1.82) is 0 Å². The number of hydrogen-bond donors (Lipinski definition) is 2. The molecule has 152 valence electrons. The summed E-state index contributed by atoms with van der Waals surface area (Å²) in [5.41, 5.74) is 0.481. The normalized spacial score (nSPS) is 24.1. The summed E-state index contributed by atoms with van der Waals surface area (Å²) in [6, 6.07) is 5.65. The summed E-state index contributed by atoms with van der Waals surface area (Å²) in [5.74, 6) is -0.923. The van der Waals surface area contributed by atoms with Crippen molar-refractivity contribution in [1.82, 2.24) is 15.6 Å². The molecule has 29 heavy (non-hydrogen) atoms. The van der Waals surface area contributed by atoms with Crippen LogP contribution in [0.15, 0.2) is 30.5 Å². The number of halogens is 3. The highest BCUT2D eigenvalue weighted by molar-refractivity contribution is 6.31. The maximum absolute atomic E-state index is 13.4. The number of hydrogen-bond acceptors (Lipinski definition) is 4. The number of nitrogens with zero attached hydrogens (tertiary/aromatic N) is 1. The summed E-state index contributed by atoms with van der Waals surface area (Å²) in [6.07, 6.45) is 3.42. The molecule has 1 aromatic heterocycles. The quantitative estimate of drug-likeness (QED) is 0.725. The van der Waals surface area contributed by atoms with Gasteiger partial charge in [-0.2, -0.15) is 0 Å². The molecule has 2 N–H and O–H groups in total. The van der Waals surface area contributed by atoms with Crippen molar-refractivity contribution in [2.75, 3.05) is 6.61 Å². The van der Waals surface area contributed by atoms with E-state index in [4.69, 9.17) is 27.9 Å². The molecule has 5 rings (SSSR count). The van der Waals surface area contributed by atoms with Crippen LogP contribution in [-0.4, -0.2) is 34.5 Å². The van der Waals surface area contributed by atoms with E-state index < -0.39 is 5.82 Å². The molecule has 0 unspecified atom stereocenters. The largest absolute Gasteiger partial charge is 0.484 e. The lowest BCUT2D eigenvalue weighted by atomic mass is 9.44. The van der Waals surface area contributed by atoms with Gasteiger partial charge in [0.15, 0.2) is 6.61 Å². The second-order valence-electron chi connectivity index (χ2n) is 7.78. The molecule has 3 fully saturated rings. The maximum atomic E-state index is 13.4. The summed E-state index contributed by atoms with van der Waals surface area (Å²) in [4.78, 5) is 28.6. The summed E-state index contributed by atoms with van der Waals surface area (Å²) < 4.78 is 18.7. The van der Waals surface area contributed by atoms with Crippen LogP contribution in [0.2, 0.25) is 10.0 Å². The third kappa shape index (κ3) is 3.89. The van der Waals surface area contributed by atoms with Gasteiger partial charge in [0.2, 0.25) is 0 Å². The standard InChI is InChI=1S/C20H18Cl2FN3O3/c1-11-4-16(24-6-14(11)22)18(28)26-20-8-19(9-20,10-20)25-17(27)7-29-12-2-3-13(21)15(23)5-12/h2-6H,7-10H2,1H3,(H,25,27)(H,26,28). The summed E-state index contributed by atoms with van der Waals surface area (Å²) in [7, 11) is 0. The van der Waals surface area contributed by atoms with Crippen LogP contribution in [-0.2, 0) is 4.79 Å². The number of ether oxygens (including phenoxy) is 1. The van der Waals surface area contributed by atoms with Gasteiger partial charge in [-0.05, 0) is 49.9 Å². The van der Waals surface area contributed by atoms with Crippen molar-refractivity contribution in [3.05, 3.63) is 57.6 Å². The smallest absolute Gasteiger partial charge is 0.270 e. The van der Waals surface area contributed by atoms with Crippen molar-refractivity contribution in [3.63, 3.8) is 0 Å². The number of aromatic nitrogens is 1. The molecular weight excluding hydrogens is 420 g/mol. The van der Waals surface area contributed by atoms with Crippen LogP contribution in [0.1, 0.15) is 35.3 Å². The monoisotopic (exact) mass is 437 g/mol. The predicted octanol–water partition coefficient (Wildman–Crippen LogP) is 3.44. The molecule has 2 bridgehead atoms. The number of rotatable bonds is 6. The Morgan fingerprint density at radius 3 is 2.48 bits per heavy atom. The molecule has 0 spiro atoms. The van der Waals surface area contributed by atoms with Crippen molar-refractivity contribution in [2.45, 2.75) is 37.3 Å². The molecule has 6 nitrogen and oxygen atoms in total. The van der Waals surface area contributed by atoms with Crippen LogP contribution in [0.25, 0.3) is 0 Å². The highest BCUT2D eigenvalue weighted by Gasteiger charge is 2.69. The third-order valence-corrected chi connectivity index (χ3v) is 6.06. The first-order chi connectivity index (χ1) is 13.7. The average Bonchev–Trinajstić information content (AvgIpc) is 2.62. The number of benzene rings is 1. The number of amides is 2. The van der Waals surface area contributed by atoms with Gasteiger partial charge in [-0.15, -0.1) is 0 Å². The van der Waals surface area contributed by atoms with E-state index in [2.05, 4.69) is 15.6 Å². The van der Waals surface area contributed by atoms with Crippen LogP contribution in [0.5, 0.6) is 5.75 Å². The second-order valence-corrected chi connectivity index (χ2v) is 8.59. The van der Waals surface area contributed by atoms with Crippen molar-refractivity contribution in [2.24, 2.45) is 0 Å². The minimum Gasteiger partial charge on any atom is -0.484 e. The minimum atomic E-state index is -0.605. The summed E-state index contributed by atoms with van der Waals surface area (Å²) in [5, 5.41) is 6.45. The van der Waals surface area contributed by atoms with Crippen LogP contribution >= 0.6 is 23.2 Å².